The second-order valence-corrected chi connectivity index (χ2v) is 5.70. The van der Waals surface area contributed by atoms with Crippen molar-refractivity contribution in [3.05, 3.63) is 29.8 Å². The highest BCUT2D eigenvalue weighted by molar-refractivity contribution is 7.92. The monoisotopic (exact) mass is 271 g/mol. The average Bonchev–Trinajstić information content (AvgIpc) is 2.28. The number of sulfonamides is 1. The van der Waals surface area contributed by atoms with Gasteiger partial charge in [-0.3, -0.25) is 9.52 Å². The maximum atomic E-state index is 11.7. The van der Waals surface area contributed by atoms with E-state index in [1.165, 1.54) is 12.1 Å². The van der Waals surface area contributed by atoms with E-state index >= 15 is 0 Å². The highest BCUT2D eigenvalue weighted by Gasteiger charge is 2.10. The molecular formula is C11H17N3O3S. The minimum Gasteiger partial charge on any atom is -0.366 e. The van der Waals surface area contributed by atoms with Crippen LogP contribution in [0, 0.1) is 0 Å². The molecule has 1 aromatic rings. The lowest BCUT2D eigenvalue weighted by Crippen LogP contribution is -2.18. The molecule has 0 aliphatic rings. The number of benzene rings is 1. The highest BCUT2D eigenvalue weighted by Crippen LogP contribution is 2.12. The molecule has 0 saturated carbocycles. The van der Waals surface area contributed by atoms with Gasteiger partial charge in [0, 0.05) is 11.3 Å². The molecule has 0 fully saturated rings. The molecule has 0 bridgehead atoms. The Kier molecular flexibility index (Phi) is 5.11. The zero-order valence-corrected chi connectivity index (χ0v) is 10.7. The number of hydrogen-bond donors (Lipinski definition) is 3. The topological polar surface area (TPSA) is 115 Å². The van der Waals surface area contributed by atoms with Gasteiger partial charge in [0.15, 0.2) is 0 Å². The SMILES string of the molecule is NCCCCS(=O)(=O)Nc1cccc(C(N)=O)c1. The summed E-state index contributed by atoms with van der Waals surface area (Å²) in [7, 11) is -3.41. The summed E-state index contributed by atoms with van der Waals surface area (Å²) in [6, 6.07) is 6.06. The van der Waals surface area contributed by atoms with Crippen LogP contribution in [0.25, 0.3) is 0 Å². The van der Waals surface area contributed by atoms with Crippen molar-refractivity contribution in [2.75, 3.05) is 17.0 Å². The summed E-state index contributed by atoms with van der Waals surface area (Å²) in [5.74, 6) is -0.593. The van der Waals surface area contributed by atoms with Crippen molar-refractivity contribution in [2.45, 2.75) is 12.8 Å². The normalized spacial score (nSPS) is 11.2. The highest BCUT2D eigenvalue weighted by atomic mass is 32.2. The summed E-state index contributed by atoms with van der Waals surface area (Å²) >= 11 is 0. The van der Waals surface area contributed by atoms with Crippen molar-refractivity contribution in [1.29, 1.82) is 0 Å². The van der Waals surface area contributed by atoms with Gasteiger partial charge in [0.05, 0.1) is 5.75 Å². The van der Waals surface area contributed by atoms with Crippen LogP contribution in [0.2, 0.25) is 0 Å². The Bertz CT molecular complexity index is 514. The van der Waals surface area contributed by atoms with E-state index in [0.29, 0.717) is 25.1 Å². The van der Waals surface area contributed by atoms with Crippen LogP contribution < -0.4 is 16.2 Å². The molecule has 0 aromatic heterocycles. The van der Waals surface area contributed by atoms with Crippen molar-refractivity contribution in [3.63, 3.8) is 0 Å². The maximum Gasteiger partial charge on any atom is 0.248 e. The fourth-order valence-corrected chi connectivity index (χ4v) is 2.58. The molecule has 0 atom stereocenters. The Hall–Kier alpha value is -1.60. The summed E-state index contributed by atoms with van der Waals surface area (Å²) < 4.78 is 25.8. The van der Waals surface area contributed by atoms with Crippen LogP contribution in [0.5, 0.6) is 0 Å². The Morgan fingerprint density at radius 1 is 1.28 bits per heavy atom. The van der Waals surface area contributed by atoms with E-state index in [9.17, 15) is 13.2 Å². The number of hydrogen-bond acceptors (Lipinski definition) is 4. The van der Waals surface area contributed by atoms with Gasteiger partial charge in [0.1, 0.15) is 0 Å². The third-order valence-electron chi connectivity index (χ3n) is 2.29. The molecule has 6 nitrogen and oxygen atoms in total. The molecule has 0 saturated heterocycles. The van der Waals surface area contributed by atoms with Gasteiger partial charge < -0.3 is 11.5 Å². The number of carbonyl (C=O) groups is 1. The van der Waals surface area contributed by atoms with Crippen molar-refractivity contribution in [3.8, 4) is 0 Å². The lowest BCUT2D eigenvalue weighted by molar-refractivity contribution is 0.100. The molecular weight excluding hydrogens is 254 g/mol. The number of amides is 1. The number of primary amides is 1. The molecule has 1 amide bonds. The van der Waals surface area contributed by atoms with Gasteiger partial charge in [-0.2, -0.15) is 0 Å². The van der Waals surface area contributed by atoms with Crippen LogP contribution in [0.1, 0.15) is 23.2 Å². The molecule has 100 valence electrons. The van der Waals surface area contributed by atoms with Crippen molar-refractivity contribution in [1.82, 2.24) is 0 Å². The van der Waals surface area contributed by atoms with E-state index in [1.54, 1.807) is 12.1 Å². The Labute approximate surface area is 106 Å². The van der Waals surface area contributed by atoms with Crippen LogP contribution in [0.4, 0.5) is 5.69 Å². The Morgan fingerprint density at radius 2 is 2.00 bits per heavy atom. The Balaban J connectivity index is 2.72. The minimum atomic E-state index is -3.41. The van der Waals surface area contributed by atoms with Gasteiger partial charge in [-0.1, -0.05) is 6.07 Å². The lowest BCUT2D eigenvalue weighted by atomic mass is 10.2. The lowest BCUT2D eigenvalue weighted by Gasteiger charge is -2.08. The molecule has 7 heteroatoms. The number of carbonyl (C=O) groups excluding carboxylic acids is 1. The molecule has 5 N–H and O–H groups in total. The van der Waals surface area contributed by atoms with Crippen LogP contribution in [-0.2, 0) is 10.0 Å². The molecule has 0 radical (unpaired) electrons. The molecule has 0 unspecified atom stereocenters. The average molecular weight is 271 g/mol. The number of nitrogens with one attached hydrogen (secondary N) is 1. The molecule has 0 spiro atoms. The standard InChI is InChI=1S/C11H17N3O3S/c12-6-1-2-7-18(16,17)14-10-5-3-4-9(8-10)11(13)15/h3-5,8,14H,1-2,6-7,12H2,(H2,13,15). The summed E-state index contributed by atoms with van der Waals surface area (Å²) in [5, 5.41) is 0. The summed E-state index contributed by atoms with van der Waals surface area (Å²) in [6.45, 7) is 0.465. The van der Waals surface area contributed by atoms with Crippen LogP contribution in [0.15, 0.2) is 24.3 Å². The zero-order valence-electron chi connectivity index (χ0n) is 9.93. The first kappa shape index (κ1) is 14.5. The van der Waals surface area contributed by atoms with Gasteiger partial charge in [-0.15, -0.1) is 0 Å². The molecule has 1 rings (SSSR count). The first-order valence-corrected chi connectivity index (χ1v) is 7.20. The van der Waals surface area contributed by atoms with Gasteiger partial charge in [-0.05, 0) is 37.6 Å². The third kappa shape index (κ3) is 4.72. The summed E-state index contributed by atoms with van der Waals surface area (Å²) in [4.78, 5) is 11.0. The van der Waals surface area contributed by atoms with Gasteiger partial charge >= 0.3 is 0 Å². The zero-order chi connectivity index (χ0) is 13.6. The summed E-state index contributed by atoms with van der Waals surface area (Å²) in [6.07, 6.45) is 1.16. The van der Waals surface area contributed by atoms with E-state index in [1.807, 2.05) is 0 Å². The predicted molar refractivity (Wildman–Crippen MR) is 70.7 cm³/mol. The Morgan fingerprint density at radius 3 is 2.61 bits per heavy atom. The number of rotatable bonds is 7. The second kappa shape index (κ2) is 6.36. The molecule has 18 heavy (non-hydrogen) atoms. The van der Waals surface area contributed by atoms with Gasteiger partial charge in [0.2, 0.25) is 15.9 Å². The number of unbranched alkanes of at least 4 members (excludes halogenated alkanes) is 1. The van der Waals surface area contributed by atoms with E-state index in [4.69, 9.17) is 11.5 Å². The molecule has 0 heterocycles. The van der Waals surface area contributed by atoms with Crippen LogP contribution >= 0.6 is 0 Å². The number of anilines is 1. The van der Waals surface area contributed by atoms with Crippen molar-refractivity contribution < 1.29 is 13.2 Å². The fraction of sp³-hybridized carbons (Fsp3) is 0.364. The molecule has 1 aromatic carbocycles. The summed E-state index contributed by atoms with van der Waals surface area (Å²) in [5.41, 5.74) is 11.0. The first-order chi connectivity index (χ1) is 8.44. The van der Waals surface area contributed by atoms with Crippen LogP contribution in [-0.4, -0.2) is 26.6 Å². The quantitative estimate of drug-likeness (QED) is 0.617. The van der Waals surface area contributed by atoms with E-state index in [0.717, 1.165) is 0 Å². The number of nitrogens with two attached hydrogens (primary N) is 2. The van der Waals surface area contributed by atoms with Crippen LogP contribution in [0.3, 0.4) is 0 Å². The van der Waals surface area contributed by atoms with E-state index < -0.39 is 15.9 Å². The fourth-order valence-electron chi connectivity index (χ4n) is 1.40. The predicted octanol–water partition coefficient (Wildman–Crippen LogP) is 0.266. The van der Waals surface area contributed by atoms with Crippen molar-refractivity contribution in [2.24, 2.45) is 11.5 Å². The third-order valence-corrected chi connectivity index (χ3v) is 3.66. The van der Waals surface area contributed by atoms with Crippen molar-refractivity contribution >= 4 is 21.6 Å². The molecule has 0 aliphatic heterocycles. The first-order valence-electron chi connectivity index (χ1n) is 5.55. The second-order valence-electron chi connectivity index (χ2n) is 3.86. The molecule has 0 aliphatic carbocycles. The smallest absolute Gasteiger partial charge is 0.248 e. The largest absolute Gasteiger partial charge is 0.366 e. The maximum absolute atomic E-state index is 11.7. The van der Waals surface area contributed by atoms with Gasteiger partial charge in [0.25, 0.3) is 0 Å². The van der Waals surface area contributed by atoms with Gasteiger partial charge in [-0.25, -0.2) is 8.42 Å². The minimum absolute atomic E-state index is 0.00496. The van der Waals surface area contributed by atoms with E-state index in [2.05, 4.69) is 4.72 Å². The van der Waals surface area contributed by atoms with E-state index in [-0.39, 0.29) is 11.3 Å².